The van der Waals surface area contributed by atoms with E-state index in [4.69, 9.17) is 9.15 Å². The molecule has 0 atom stereocenters. The van der Waals surface area contributed by atoms with Crippen molar-refractivity contribution in [2.24, 2.45) is 0 Å². The number of thioether (sulfide) groups is 1. The Labute approximate surface area is 147 Å². The Kier molecular flexibility index (Phi) is 5.44. The Morgan fingerprint density at radius 3 is 2.83 bits per heavy atom. The number of aromatic nitrogens is 4. The van der Waals surface area contributed by atoms with Crippen LogP contribution >= 0.6 is 23.1 Å². The quantitative estimate of drug-likeness (QED) is 0.482. The second-order valence-corrected chi connectivity index (χ2v) is 6.76. The minimum atomic E-state index is 0.485. The molecule has 0 fully saturated rings. The van der Waals surface area contributed by atoms with E-state index in [0.29, 0.717) is 24.1 Å². The van der Waals surface area contributed by atoms with Crippen molar-refractivity contribution in [3.8, 4) is 17.2 Å². The number of anilines is 1. The monoisotopic (exact) mass is 361 g/mol. The standard InChI is InChI=1S/C15H15N5O2S2/c1-3-8-16-14-19-20-15(24-14)23-9-12-17-18-13(22-12)10-4-6-11(21-2)7-5-10/h3-7H,1,8-9H2,2H3,(H,16,19). The summed E-state index contributed by atoms with van der Waals surface area (Å²) in [4.78, 5) is 0. The molecule has 0 saturated heterocycles. The van der Waals surface area contributed by atoms with E-state index in [9.17, 15) is 0 Å². The normalized spacial score (nSPS) is 10.5. The fraction of sp³-hybridized carbons (Fsp3) is 0.200. The molecular formula is C15H15N5O2S2. The summed E-state index contributed by atoms with van der Waals surface area (Å²) < 4.78 is 11.7. The van der Waals surface area contributed by atoms with E-state index in [2.05, 4.69) is 32.3 Å². The van der Waals surface area contributed by atoms with Gasteiger partial charge in [-0.15, -0.1) is 27.0 Å². The summed E-state index contributed by atoms with van der Waals surface area (Å²) >= 11 is 2.98. The van der Waals surface area contributed by atoms with Gasteiger partial charge in [0.1, 0.15) is 5.75 Å². The lowest BCUT2D eigenvalue weighted by Crippen LogP contribution is -1.96. The van der Waals surface area contributed by atoms with Crippen LogP contribution in [0.4, 0.5) is 5.13 Å². The van der Waals surface area contributed by atoms with E-state index in [1.54, 1.807) is 13.2 Å². The third-order valence-corrected chi connectivity index (χ3v) is 4.93. The molecule has 7 nitrogen and oxygen atoms in total. The molecule has 1 aromatic carbocycles. The maximum Gasteiger partial charge on any atom is 0.247 e. The van der Waals surface area contributed by atoms with Gasteiger partial charge in [-0.3, -0.25) is 0 Å². The highest BCUT2D eigenvalue weighted by Gasteiger charge is 2.11. The molecule has 0 radical (unpaired) electrons. The van der Waals surface area contributed by atoms with E-state index in [0.717, 1.165) is 20.8 Å². The highest BCUT2D eigenvalue weighted by atomic mass is 32.2. The zero-order chi connectivity index (χ0) is 16.8. The number of hydrogen-bond acceptors (Lipinski definition) is 9. The van der Waals surface area contributed by atoms with Crippen LogP contribution in [0.1, 0.15) is 5.89 Å². The maximum atomic E-state index is 5.68. The van der Waals surface area contributed by atoms with Gasteiger partial charge in [-0.05, 0) is 24.3 Å². The maximum absolute atomic E-state index is 5.68. The Morgan fingerprint density at radius 2 is 2.08 bits per heavy atom. The molecule has 0 spiro atoms. The molecule has 0 aliphatic carbocycles. The molecule has 0 bridgehead atoms. The number of ether oxygens (including phenoxy) is 1. The Balaban J connectivity index is 1.59. The van der Waals surface area contributed by atoms with Crippen molar-refractivity contribution in [3.05, 3.63) is 42.8 Å². The van der Waals surface area contributed by atoms with Crippen LogP contribution in [0, 0.1) is 0 Å². The van der Waals surface area contributed by atoms with Gasteiger partial charge in [0.2, 0.25) is 16.9 Å². The van der Waals surface area contributed by atoms with Crippen LogP contribution < -0.4 is 10.1 Å². The minimum absolute atomic E-state index is 0.485. The Bertz CT molecular complexity index is 800. The molecule has 3 rings (SSSR count). The summed E-state index contributed by atoms with van der Waals surface area (Å²) in [6.07, 6.45) is 1.77. The van der Waals surface area contributed by atoms with E-state index < -0.39 is 0 Å². The molecule has 9 heteroatoms. The molecule has 0 aliphatic heterocycles. The first-order chi connectivity index (χ1) is 11.8. The summed E-state index contributed by atoms with van der Waals surface area (Å²) in [7, 11) is 1.63. The summed E-state index contributed by atoms with van der Waals surface area (Å²) in [6, 6.07) is 7.47. The van der Waals surface area contributed by atoms with Crippen LogP contribution in [0.5, 0.6) is 5.75 Å². The zero-order valence-corrected chi connectivity index (χ0v) is 14.6. The minimum Gasteiger partial charge on any atom is -0.497 e. The Morgan fingerprint density at radius 1 is 1.25 bits per heavy atom. The van der Waals surface area contributed by atoms with E-state index >= 15 is 0 Å². The molecule has 0 saturated carbocycles. The molecular weight excluding hydrogens is 346 g/mol. The molecule has 1 N–H and O–H groups in total. The second kappa shape index (κ2) is 7.93. The Hall–Kier alpha value is -2.39. The van der Waals surface area contributed by atoms with Crippen LogP contribution in [-0.4, -0.2) is 34.0 Å². The second-order valence-electron chi connectivity index (χ2n) is 4.56. The number of rotatable bonds is 8. The average molecular weight is 361 g/mol. The fourth-order valence-electron chi connectivity index (χ4n) is 1.78. The molecule has 0 amide bonds. The first-order valence-electron chi connectivity index (χ1n) is 7.06. The first kappa shape index (κ1) is 16.5. The van der Waals surface area contributed by atoms with Crippen LogP contribution in [0.3, 0.4) is 0 Å². The number of methoxy groups -OCH3 is 1. The smallest absolute Gasteiger partial charge is 0.247 e. The third-order valence-electron chi connectivity index (χ3n) is 2.93. The van der Waals surface area contributed by atoms with Gasteiger partial charge in [-0.1, -0.05) is 29.2 Å². The third kappa shape index (κ3) is 4.12. The lowest BCUT2D eigenvalue weighted by molar-refractivity contribution is 0.415. The highest BCUT2D eigenvalue weighted by molar-refractivity contribution is 8.00. The molecule has 3 aromatic rings. The van der Waals surface area contributed by atoms with E-state index in [1.165, 1.54) is 23.1 Å². The van der Waals surface area contributed by atoms with Crippen LogP contribution in [-0.2, 0) is 5.75 Å². The lowest BCUT2D eigenvalue weighted by atomic mass is 10.2. The van der Waals surface area contributed by atoms with Crippen molar-refractivity contribution in [2.45, 2.75) is 10.1 Å². The summed E-state index contributed by atoms with van der Waals surface area (Å²) in [5.74, 6) is 2.35. The number of nitrogens with zero attached hydrogens (tertiary/aromatic N) is 4. The molecule has 2 heterocycles. The summed E-state index contributed by atoms with van der Waals surface area (Å²) in [6.45, 7) is 4.31. The SMILES string of the molecule is C=CCNc1nnc(SCc2nnc(-c3ccc(OC)cc3)o2)s1. The van der Waals surface area contributed by atoms with Crippen molar-refractivity contribution in [1.29, 1.82) is 0 Å². The van der Waals surface area contributed by atoms with Crippen LogP contribution in [0.15, 0.2) is 45.7 Å². The summed E-state index contributed by atoms with van der Waals surface area (Å²) in [5.41, 5.74) is 0.853. The van der Waals surface area contributed by atoms with Gasteiger partial charge in [-0.25, -0.2) is 0 Å². The molecule has 124 valence electrons. The lowest BCUT2D eigenvalue weighted by Gasteiger charge is -1.99. The van der Waals surface area contributed by atoms with Crippen molar-refractivity contribution >= 4 is 28.2 Å². The van der Waals surface area contributed by atoms with Gasteiger partial charge < -0.3 is 14.5 Å². The zero-order valence-electron chi connectivity index (χ0n) is 12.9. The molecule has 0 unspecified atom stereocenters. The van der Waals surface area contributed by atoms with Gasteiger partial charge in [0.15, 0.2) is 4.34 Å². The molecule has 2 aromatic heterocycles. The van der Waals surface area contributed by atoms with Gasteiger partial charge in [-0.2, -0.15) is 0 Å². The predicted molar refractivity (Wildman–Crippen MR) is 94.4 cm³/mol. The number of nitrogens with one attached hydrogen (secondary N) is 1. The number of hydrogen-bond donors (Lipinski definition) is 1. The fourth-order valence-corrected chi connectivity index (χ4v) is 3.38. The van der Waals surface area contributed by atoms with Crippen LogP contribution in [0.25, 0.3) is 11.5 Å². The van der Waals surface area contributed by atoms with E-state index in [-0.39, 0.29) is 0 Å². The van der Waals surface area contributed by atoms with Crippen molar-refractivity contribution < 1.29 is 9.15 Å². The topological polar surface area (TPSA) is 86.0 Å². The largest absolute Gasteiger partial charge is 0.497 e. The van der Waals surface area contributed by atoms with E-state index in [1.807, 2.05) is 24.3 Å². The first-order valence-corrected chi connectivity index (χ1v) is 8.86. The van der Waals surface area contributed by atoms with Gasteiger partial charge in [0.05, 0.1) is 12.9 Å². The predicted octanol–water partition coefficient (Wildman–Crippen LogP) is 3.49. The highest BCUT2D eigenvalue weighted by Crippen LogP contribution is 2.29. The average Bonchev–Trinajstić information content (AvgIpc) is 3.27. The van der Waals surface area contributed by atoms with Gasteiger partial charge >= 0.3 is 0 Å². The molecule has 24 heavy (non-hydrogen) atoms. The number of benzene rings is 1. The van der Waals surface area contributed by atoms with Crippen molar-refractivity contribution in [3.63, 3.8) is 0 Å². The van der Waals surface area contributed by atoms with Crippen molar-refractivity contribution in [2.75, 3.05) is 19.0 Å². The van der Waals surface area contributed by atoms with Crippen molar-refractivity contribution in [1.82, 2.24) is 20.4 Å². The van der Waals surface area contributed by atoms with Crippen LogP contribution in [0.2, 0.25) is 0 Å². The summed E-state index contributed by atoms with van der Waals surface area (Å²) in [5, 5.41) is 20.1. The molecule has 0 aliphatic rings. The van der Waals surface area contributed by atoms with Gasteiger partial charge in [0.25, 0.3) is 0 Å². The van der Waals surface area contributed by atoms with Gasteiger partial charge in [0, 0.05) is 12.1 Å².